The van der Waals surface area contributed by atoms with E-state index in [1.54, 1.807) is 0 Å². The molecule has 1 aromatic heterocycles. The first-order chi connectivity index (χ1) is 10.5. The van der Waals surface area contributed by atoms with E-state index in [4.69, 9.17) is 9.72 Å². The van der Waals surface area contributed by atoms with Gasteiger partial charge in [0.25, 0.3) is 0 Å². The van der Waals surface area contributed by atoms with E-state index in [2.05, 4.69) is 24.5 Å². The Kier molecular flexibility index (Phi) is 4.16. The fourth-order valence-corrected chi connectivity index (χ4v) is 3.08. The smallest absolute Gasteiger partial charge is 0.308 e. The van der Waals surface area contributed by atoms with Crippen LogP contribution in [0.1, 0.15) is 44.9 Å². The van der Waals surface area contributed by atoms with Crippen LogP contribution in [0.5, 0.6) is 0 Å². The number of hydrogen-bond acceptors (Lipinski definition) is 4. The van der Waals surface area contributed by atoms with Gasteiger partial charge in [0.1, 0.15) is 11.9 Å². The second-order valence-corrected chi connectivity index (χ2v) is 6.26. The largest absolute Gasteiger partial charge is 0.462 e. The SMILES string of the molecule is CC(C)c1nc2ccccc2n1CCC1CC(O)CC(=O)O1. The number of imidazole rings is 1. The van der Waals surface area contributed by atoms with Crippen LogP contribution in [-0.2, 0) is 16.1 Å². The summed E-state index contributed by atoms with van der Waals surface area (Å²) in [7, 11) is 0. The number of carbonyl (C=O) groups is 1. The Morgan fingerprint density at radius 3 is 2.91 bits per heavy atom. The number of hydrogen-bond donors (Lipinski definition) is 1. The van der Waals surface area contributed by atoms with Crippen LogP contribution in [-0.4, -0.2) is 32.8 Å². The average molecular weight is 302 g/mol. The number of rotatable bonds is 4. The zero-order valence-corrected chi connectivity index (χ0v) is 13.0. The van der Waals surface area contributed by atoms with Crippen molar-refractivity contribution in [1.82, 2.24) is 9.55 Å². The highest BCUT2D eigenvalue weighted by atomic mass is 16.5. The minimum atomic E-state index is -0.574. The van der Waals surface area contributed by atoms with Crippen molar-refractivity contribution in [2.75, 3.05) is 0 Å². The Hall–Kier alpha value is -1.88. The number of carbonyl (C=O) groups excluding carboxylic acids is 1. The van der Waals surface area contributed by atoms with Crippen LogP contribution >= 0.6 is 0 Å². The molecule has 0 radical (unpaired) electrons. The maximum absolute atomic E-state index is 11.4. The monoisotopic (exact) mass is 302 g/mol. The standard InChI is InChI=1S/C17H22N2O3/c1-11(2)17-18-14-5-3-4-6-15(14)19(17)8-7-13-9-12(20)10-16(21)22-13/h3-6,11-13,20H,7-10H2,1-2H3. The molecule has 0 saturated carbocycles. The number of benzene rings is 1. The first-order valence-electron chi connectivity index (χ1n) is 7.87. The van der Waals surface area contributed by atoms with Crippen molar-refractivity contribution in [1.29, 1.82) is 0 Å². The van der Waals surface area contributed by atoms with E-state index in [-0.39, 0.29) is 18.5 Å². The molecule has 1 saturated heterocycles. The highest BCUT2D eigenvalue weighted by Crippen LogP contribution is 2.24. The van der Waals surface area contributed by atoms with Crippen LogP contribution in [0.4, 0.5) is 0 Å². The Morgan fingerprint density at radius 1 is 1.41 bits per heavy atom. The van der Waals surface area contributed by atoms with Gasteiger partial charge < -0.3 is 14.4 Å². The first kappa shape index (κ1) is 15.0. The summed E-state index contributed by atoms with van der Waals surface area (Å²) in [5, 5.41) is 9.70. The first-order valence-corrected chi connectivity index (χ1v) is 7.87. The fraction of sp³-hybridized carbons (Fsp3) is 0.529. The van der Waals surface area contributed by atoms with Crippen molar-refractivity contribution in [3.63, 3.8) is 0 Å². The maximum atomic E-state index is 11.4. The average Bonchev–Trinajstić information content (AvgIpc) is 2.83. The predicted molar refractivity (Wildman–Crippen MR) is 83.6 cm³/mol. The lowest BCUT2D eigenvalue weighted by Crippen LogP contribution is -2.33. The molecular formula is C17H22N2O3. The van der Waals surface area contributed by atoms with Crippen molar-refractivity contribution in [2.24, 2.45) is 0 Å². The molecule has 1 aromatic carbocycles. The lowest BCUT2D eigenvalue weighted by Gasteiger charge is -2.26. The molecule has 2 atom stereocenters. The molecular weight excluding hydrogens is 280 g/mol. The van der Waals surface area contributed by atoms with Gasteiger partial charge in [-0.15, -0.1) is 0 Å². The van der Waals surface area contributed by atoms with Gasteiger partial charge in [-0.25, -0.2) is 4.98 Å². The lowest BCUT2D eigenvalue weighted by atomic mass is 10.0. The quantitative estimate of drug-likeness (QED) is 0.882. The number of aliphatic hydroxyl groups excluding tert-OH is 1. The minimum absolute atomic E-state index is 0.113. The van der Waals surface area contributed by atoms with Crippen LogP contribution in [0.2, 0.25) is 0 Å². The van der Waals surface area contributed by atoms with Gasteiger partial charge in [-0.2, -0.15) is 0 Å². The van der Waals surface area contributed by atoms with Gasteiger partial charge in [0.2, 0.25) is 0 Å². The number of aryl methyl sites for hydroxylation is 1. The second kappa shape index (κ2) is 6.08. The minimum Gasteiger partial charge on any atom is -0.462 e. The molecule has 5 heteroatoms. The van der Waals surface area contributed by atoms with Gasteiger partial charge in [0.15, 0.2) is 0 Å². The molecule has 1 fully saturated rings. The second-order valence-electron chi connectivity index (χ2n) is 6.26. The van der Waals surface area contributed by atoms with Crippen LogP contribution in [0.25, 0.3) is 11.0 Å². The highest BCUT2D eigenvalue weighted by molar-refractivity contribution is 5.76. The Labute approximate surface area is 129 Å². The number of para-hydroxylation sites is 2. The molecule has 2 unspecified atom stereocenters. The summed E-state index contributed by atoms with van der Waals surface area (Å²) in [6.07, 6.45) is 0.549. The fourth-order valence-electron chi connectivity index (χ4n) is 3.08. The maximum Gasteiger partial charge on any atom is 0.308 e. The molecule has 1 N–H and O–H groups in total. The van der Waals surface area contributed by atoms with Crippen molar-refractivity contribution in [3.05, 3.63) is 30.1 Å². The number of aliphatic hydroxyl groups is 1. The van der Waals surface area contributed by atoms with Gasteiger partial charge in [0.05, 0.1) is 23.6 Å². The van der Waals surface area contributed by atoms with Gasteiger partial charge in [0, 0.05) is 25.3 Å². The lowest BCUT2D eigenvalue weighted by molar-refractivity contribution is -0.160. The summed E-state index contributed by atoms with van der Waals surface area (Å²) >= 11 is 0. The van der Waals surface area contributed by atoms with E-state index in [9.17, 15) is 9.90 Å². The molecule has 1 aliphatic rings. The summed E-state index contributed by atoms with van der Waals surface area (Å²) in [5.41, 5.74) is 2.10. The third-order valence-corrected chi connectivity index (χ3v) is 4.11. The molecule has 118 valence electrons. The van der Waals surface area contributed by atoms with Crippen molar-refractivity contribution >= 4 is 17.0 Å². The van der Waals surface area contributed by atoms with E-state index in [1.807, 2.05) is 18.2 Å². The molecule has 0 spiro atoms. The molecule has 5 nitrogen and oxygen atoms in total. The summed E-state index contributed by atoms with van der Waals surface area (Å²) in [6, 6.07) is 8.08. The van der Waals surface area contributed by atoms with Crippen molar-refractivity contribution in [2.45, 2.75) is 57.8 Å². The van der Waals surface area contributed by atoms with E-state index < -0.39 is 6.10 Å². The van der Waals surface area contributed by atoms with E-state index in [0.717, 1.165) is 23.4 Å². The Balaban J connectivity index is 1.81. The molecule has 2 aromatic rings. The summed E-state index contributed by atoms with van der Waals surface area (Å²) in [4.78, 5) is 16.1. The van der Waals surface area contributed by atoms with Crippen LogP contribution in [0, 0.1) is 0 Å². The summed E-state index contributed by atoms with van der Waals surface area (Å²) in [5.74, 6) is 1.07. The molecule has 1 aliphatic heterocycles. The zero-order chi connectivity index (χ0) is 15.7. The number of ether oxygens (including phenoxy) is 1. The van der Waals surface area contributed by atoms with E-state index in [0.29, 0.717) is 18.8 Å². The van der Waals surface area contributed by atoms with Crippen LogP contribution in [0.3, 0.4) is 0 Å². The molecule has 0 aliphatic carbocycles. The van der Waals surface area contributed by atoms with Gasteiger partial charge in [-0.3, -0.25) is 4.79 Å². The van der Waals surface area contributed by atoms with Crippen molar-refractivity contribution < 1.29 is 14.6 Å². The number of fused-ring (bicyclic) bond motifs is 1. The normalized spacial score (nSPS) is 22.3. The predicted octanol–water partition coefficient (Wildman–Crippen LogP) is 2.62. The Bertz CT molecular complexity index is 678. The summed E-state index contributed by atoms with van der Waals surface area (Å²) in [6.45, 7) is 4.99. The molecule has 3 rings (SSSR count). The highest BCUT2D eigenvalue weighted by Gasteiger charge is 2.27. The van der Waals surface area contributed by atoms with Crippen LogP contribution < -0.4 is 0 Å². The van der Waals surface area contributed by atoms with Crippen LogP contribution in [0.15, 0.2) is 24.3 Å². The Morgan fingerprint density at radius 2 is 2.18 bits per heavy atom. The third-order valence-electron chi connectivity index (χ3n) is 4.11. The number of nitrogens with zero attached hydrogens (tertiary/aromatic N) is 2. The summed E-state index contributed by atoms with van der Waals surface area (Å²) < 4.78 is 7.54. The number of esters is 1. The third kappa shape index (κ3) is 2.99. The number of cyclic esters (lactones) is 1. The molecule has 2 heterocycles. The van der Waals surface area contributed by atoms with E-state index >= 15 is 0 Å². The van der Waals surface area contributed by atoms with E-state index in [1.165, 1.54) is 0 Å². The van der Waals surface area contributed by atoms with Gasteiger partial charge in [-0.05, 0) is 12.1 Å². The molecule has 0 amide bonds. The zero-order valence-electron chi connectivity index (χ0n) is 13.0. The van der Waals surface area contributed by atoms with Gasteiger partial charge in [-0.1, -0.05) is 26.0 Å². The van der Waals surface area contributed by atoms with Gasteiger partial charge >= 0.3 is 5.97 Å². The molecule has 22 heavy (non-hydrogen) atoms. The topological polar surface area (TPSA) is 64.3 Å². The molecule has 0 bridgehead atoms. The number of aromatic nitrogens is 2. The van der Waals surface area contributed by atoms with Crippen molar-refractivity contribution in [3.8, 4) is 0 Å².